The van der Waals surface area contributed by atoms with Gasteiger partial charge in [0, 0.05) is 11.5 Å². The van der Waals surface area contributed by atoms with Crippen LogP contribution < -0.4 is 5.73 Å². The lowest BCUT2D eigenvalue weighted by molar-refractivity contribution is 0.0999. The van der Waals surface area contributed by atoms with Crippen molar-refractivity contribution in [3.8, 4) is 0 Å². The zero-order valence-electron chi connectivity index (χ0n) is 12.0. The van der Waals surface area contributed by atoms with Crippen LogP contribution in [0, 0.1) is 0 Å². The third-order valence-electron chi connectivity index (χ3n) is 4.90. The van der Waals surface area contributed by atoms with Crippen molar-refractivity contribution in [2.24, 2.45) is 5.73 Å². The van der Waals surface area contributed by atoms with Gasteiger partial charge in [0.15, 0.2) is 0 Å². The van der Waals surface area contributed by atoms with Crippen LogP contribution in [0.2, 0.25) is 0 Å². The van der Waals surface area contributed by atoms with E-state index in [-0.39, 0.29) is 5.91 Å². The Hall–Kier alpha value is -2.09. The summed E-state index contributed by atoms with van der Waals surface area (Å²) in [5.74, 6) is 0.766. The van der Waals surface area contributed by atoms with Gasteiger partial charge in [-0.15, -0.1) is 0 Å². The summed E-state index contributed by atoms with van der Waals surface area (Å²) in [6.45, 7) is 0. The van der Waals surface area contributed by atoms with Crippen LogP contribution in [0.25, 0.3) is 0 Å². The highest BCUT2D eigenvalue weighted by molar-refractivity contribution is 5.94. The second-order valence-corrected chi connectivity index (χ2v) is 6.28. The summed E-state index contributed by atoms with van der Waals surface area (Å²) in [6, 6.07) is 14.8. The fourth-order valence-corrected chi connectivity index (χ4v) is 3.64. The first-order chi connectivity index (χ1) is 10.2. The summed E-state index contributed by atoms with van der Waals surface area (Å²) in [4.78, 5) is 11.7. The molecule has 0 unspecified atom stereocenters. The molecule has 0 aromatic heterocycles. The van der Waals surface area contributed by atoms with Crippen LogP contribution in [-0.2, 0) is 6.42 Å². The molecule has 2 nitrogen and oxygen atoms in total. The number of amides is 1. The summed E-state index contributed by atoms with van der Waals surface area (Å²) in [5.41, 5.74) is 11.6. The van der Waals surface area contributed by atoms with Crippen molar-refractivity contribution in [2.75, 3.05) is 0 Å². The smallest absolute Gasteiger partial charge is 0.248 e. The van der Waals surface area contributed by atoms with Crippen molar-refractivity contribution in [3.63, 3.8) is 0 Å². The largest absolute Gasteiger partial charge is 0.366 e. The second-order valence-electron chi connectivity index (χ2n) is 6.28. The Kier molecular flexibility index (Phi) is 2.85. The van der Waals surface area contributed by atoms with Gasteiger partial charge < -0.3 is 5.73 Å². The molecule has 0 aliphatic heterocycles. The molecule has 0 radical (unpaired) electrons. The maximum atomic E-state index is 11.7. The van der Waals surface area contributed by atoms with Gasteiger partial charge in [0.2, 0.25) is 5.91 Å². The number of rotatable bonds is 3. The van der Waals surface area contributed by atoms with E-state index in [9.17, 15) is 4.79 Å². The summed E-state index contributed by atoms with van der Waals surface area (Å²) in [7, 11) is 0. The van der Waals surface area contributed by atoms with Crippen molar-refractivity contribution in [3.05, 3.63) is 70.3 Å². The first-order valence-corrected chi connectivity index (χ1v) is 7.75. The third-order valence-corrected chi connectivity index (χ3v) is 4.90. The number of hydrogen-bond acceptors (Lipinski definition) is 1. The SMILES string of the molecule is NC(=O)c1ccccc1[C@@H]1CCc2ccc(C3CC3)cc21. The van der Waals surface area contributed by atoms with E-state index in [1.54, 1.807) is 0 Å². The van der Waals surface area contributed by atoms with E-state index < -0.39 is 0 Å². The molecule has 2 aliphatic carbocycles. The second kappa shape index (κ2) is 4.73. The van der Waals surface area contributed by atoms with Crippen LogP contribution in [0.4, 0.5) is 0 Å². The highest BCUT2D eigenvalue weighted by atomic mass is 16.1. The first-order valence-electron chi connectivity index (χ1n) is 7.75. The average molecular weight is 277 g/mol. The Balaban J connectivity index is 1.79. The van der Waals surface area contributed by atoms with Crippen molar-refractivity contribution in [1.29, 1.82) is 0 Å². The van der Waals surface area contributed by atoms with Crippen LogP contribution in [0.1, 0.15) is 63.7 Å². The average Bonchev–Trinajstić information content (AvgIpc) is 3.27. The summed E-state index contributed by atoms with van der Waals surface area (Å²) in [5, 5.41) is 0. The van der Waals surface area contributed by atoms with Crippen molar-refractivity contribution < 1.29 is 4.79 Å². The Labute approximate surface area is 125 Å². The lowest BCUT2D eigenvalue weighted by atomic mass is 9.88. The molecule has 21 heavy (non-hydrogen) atoms. The summed E-state index contributed by atoms with van der Waals surface area (Å²) in [6.07, 6.45) is 4.81. The van der Waals surface area contributed by atoms with Gasteiger partial charge in [-0.2, -0.15) is 0 Å². The Morgan fingerprint density at radius 2 is 1.81 bits per heavy atom. The van der Waals surface area contributed by atoms with Crippen molar-refractivity contribution in [2.45, 2.75) is 37.5 Å². The molecule has 1 amide bonds. The zero-order chi connectivity index (χ0) is 14.4. The molecule has 0 heterocycles. The van der Waals surface area contributed by atoms with Gasteiger partial charge in [-0.1, -0.05) is 36.4 Å². The Morgan fingerprint density at radius 1 is 1.00 bits per heavy atom. The van der Waals surface area contributed by atoms with Crippen LogP contribution in [-0.4, -0.2) is 5.91 Å². The third kappa shape index (κ3) is 2.15. The fraction of sp³-hybridized carbons (Fsp3) is 0.316. The summed E-state index contributed by atoms with van der Waals surface area (Å²) < 4.78 is 0. The molecule has 1 atom stereocenters. The minimum atomic E-state index is -0.322. The Morgan fingerprint density at radius 3 is 2.57 bits per heavy atom. The number of carbonyl (C=O) groups is 1. The highest BCUT2D eigenvalue weighted by Crippen LogP contribution is 2.45. The molecule has 106 valence electrons. The van der Waals surface area contributed by atoms with Crippen molar-refractivity contribution in [1.82, 2.24) is 0 Å². The molecule has 2 N–H and O–H groups in total. The lowest BCUT2D eigenvalue weighted by Crippen LogP contribution is -2.15. The monoisotopic (exact) mass is 277 g/mol. The number of primary amides is 1. The zero-order valence-corrected chi connectivity index (χ0v) is 12.0. The van der Waals surface area contributed by atoms with Gasteiger partial charge >= 0.3 is 0 Å². The maximum absolute atomic E-state index is 11.7. The molecule has 4 rings (SSSR count). The van der Waals surface area contributed by atoms with E-state index in [1.165, 1.54) is 29.5 Å². The van der Waals surface area contributed by atoms with Gasteiger partial charge in [0.05, 0.1) is 0 Å². The molecule has 0 bridgehead atoms. The van der Waals surface area contributed by atoms with E-state index >= 15 is 0 Å². The predicted octanol–water partition coefficient (Wildman–Crippen LogP) is 3.74. The highest BCUT2D eigenvalue weighted by Gasteiger charge is 2.30. The van der Waals surface area contributed by atoms with Gasteiger partial charge in [-0.3, -0.25) is 4.79 Å². The van der Waals surface area contributed by atoms with E-state index in [2.05, 4.69) is 24.3 Å². The predicted molar refractivity (Wildman–Crippen MR) is 83.5 cm³/mol. The Bertz CT molecular complexity index is 715. The molecular formula is C19H19NO. The molecule has 2 heteroatoms. The topological polar surface area (TPSA) is 43.1 Å². The normalized spacial score (nSPS) is 20.3. The fourth-order valence-electron chi connectivity index (χ4n) is 3.64. The first kappa shape index (κ1) is 12.6. The number of benzene rings is 2. The molecule has 1 saturated carbocycles. The van der Waals surface area contributed by atoms with E-state index in [0.29, 0.717) is 11.5 Å². The minimum Gasteiger partial charge on any atom is -0.366 e. The van der Waals surface area contributed by atoms with E-state index in [4.69, 9.17) is 5.73 Å². The molecule has 0 saturated heterocycles. The van der Waals surface area contributed by atoms with Gasteiger partial charge in [-0.25, -0.2) is 0 Å². The number of nitrogens with two attached hydrogens (primary N) is 1. The molecule has 2 aromatic rings. The van der Waals surface area contributed by atoms with Crippen LogP contribution in [0.5, 0.6) is 0 Å². The molecule has 2 aliphatic rings. The van der Waals surface area contributed by atoms with Gasteiger partial charge in [0.1, 0.15) is 0 Å². The standard InChI is InChI=1S/C19H19NO/c20-19(21)17-4-2-1-3-15(17)16-10-9-13-7-8-14(11-18(13)16)12-5-6-12/h1-4,7-8,11-12,16H,5-6,9-10H2,(H2,20,21)/t16-/m0/s1. The summed E-state index contributed by atoms with van der Waals surface area (Å²) >= 11 is 0. The number of fused-ring (bicyclic) bond motifs is 1. The number of aryl methyl sites for hydroxylation is 1. The number of carbonyl (C=O) groups excluding carboxylic acids is 1. The van der Waals surface area contributed by atoms with Gasteiger partial charge in [0.25, 0.3) is 0 Å². The van der Waals surface area contributed by atoms with Crippen LogP contribution in [0.15, 0.2) is 42.5 Å². The quantitative estimate of drug-likeness (QED) is 0.912. The van der Waals surface area contributed by atoms with Gasteiger partial charge in [-0.05, 0) is 59.9 Å². The minimum absolute atomic E-state index is 0.322. The molecule has 1 fully saturated rings. The lowest BCUT2D eigenvalue weighted by Gasteiger charge is -2.16. The molecule has 0 spiro atoms. The van der Waals surface area contributed by atoms with E-state index in [0.717, 1.165) is 24.3 Å². The van der Waals surface area contributed by atoms with Crippen LogP contribution in [0.3, 0.4) is 0 Å². The molecular weight excluding hydrogens is 258 g/mol. The van der Waals surface area contributed by atoms with Crippen LogP contribution >= 0.6 is 0 Å². The number of hydrogen-bond donors (Lipinski definition) is 1. The van der Waals surface area contributed by atoms with Crippen molar-refractivity contribution >= 4 is 5.91 Å². The molecule has 2 aromatic carbocycles. The van der Waals surface area contributed by atoms with E-state index in [1.807, 2.05) is 18.2 Å². The maximum Gasteiger partial charge on any atom is 0.248 e.